The Morgan fingerprint density at radius 2 is 1.94 bits per heavy atom. The van der Waals surface area contributed by atoms with Gasteiger partial charge >= 0.3 is 0 Å². The summed E-state index contributed by atoms with van der Waals surface area (Å²) < 4.78 is 1.13. The number of para-hydroxylation sites is 1. The first-order chi connectivity index (χ1) is 15.5. The number of benzene rings is 2. The van der Waals surface area contributed by atoms with E-state index >= 15 is 0 Å². The molecular formula is C25H22N4O2S. The Hall–Kier alpha value is -3.58. The van der Waals surface area contributed by atoms with E-state index in [1.165, 1.54) is 5.56 Å². The van der Waals surface area contributed by atoms with Crippen LogP contribution in [0.15, 0.2) is 66.9 Å². The highest BCUT2D eigenvalue weighted by Crippen LogP contribution is 2.30. The SMILES string of the molecule is Cc1ccc(CN2CC(C(=O)Nc3ccc(-c4nc5ccccc5s4)cn3)CC2=O)cc1. The minimum atomic E-state index is -0.376. The minimum Gasteiger partial charge on any atom is -0.338 e. The molecule has 3 heterocycles. The average molecular weight is 443 g/mol. The van der Waals surface area contributed by atoms with Gasteiger partial charge in [0, 0.05) is 31.3 Å². The lowest BCUT2D eigenvalue weighted by atomic mass is 10.1. The van der Waals surface area contributed by atoms with Crippen molar-refractivity contribution in [3.8, 4) is 10.6 Å². The number of anilines is 1. The van der Waals surface area contributed by atoms with Crippen LogP contribution in [0.3, 0.4) is 0 Å². The Bertz CT molecular complexity index is 1250. The number of aromatic nitrogens is 2. The number of nitrogens with one attached hydrogen (secondary N) is 1. The van der Waals surface area contributed by atoms with Gasteiger partial charge in [0.15, 0.2) is 0 Å². The molecule has 32 heavy (non-hydrogen) atoms. The largest absolute Gasteiger partial charge is 0.338 e. The van der Waals surface area contributed by atoms with E-state index in [1.54, 1.807) is 28.5 Å². The Kier molecular flexibility index (Phi) is 5.41. The number of carbonyl (C=O) groups is 2. The van der Waals surface area contributed by atoms with Gasteiger partial charge in [0.05, 0.1) is 16.1 Å². The van der Waals surface area contributed by atoms with E-state index < -0.39 is 0 Å². The van der Waals surface area contributed by atoms with Crippen molar-refractivity contribution in [3.63, 3.8) is 0 Å². The van der Waals surface area contributed by atoms with Gasteiger partial charge in [-0.3, -0.25) is 9.59 Å². The summed E-state index contributed by atoms with van der Waals surface area (Å²) in [7, 11) is 0. The molecule has 1 unspecified atom stereocenters. The first-order valence-electron chi connectivity index (χ1n) is 10.5. The Balaban J connectivity index is 1.22. The molecule has 4 aromatic rings. The highest BCUT2D eigenvalue weighted by Gasteiger charge is 2.34. The van der Waals surface area contributed by atoms with Crippen LogP contribution in [-0.4, -0.2) is 33.2 Å². The molecule has 0 bridgehead atoms. The zero-order valence-electron chi connectivity index (χ0n) is 17.6. The number of carbonyl (C=O) groups excluding carboxylic acids is 2. The van der Waals surface area contributed by atoms with E-state index in [-0.39, 0.29) is 24.2 Å². The summed E-state index contributed by atoms with van der Waals surface area (Å²) in [5.74, 6) is -0.0714. The van der Waals surface area contributed by atoms with Crippen molar-refractivity contribution < 1.29 is 9.59 Å². The zero-order chi connectivity index (χ0) is 22.1. The molecule has 5 rings (SSSR count). The number of aryl methyl sites for hydroxylation is 1. The molecule has 1 saturated heterocycles. The molecule has 0 aliphatic carbocycles. The zero-order valence-corrected chi connectivity index (χ0v) is 18.4. The monoisotopic (exact) mass is 442 g/mol. The quantitative estimate of drug-likeness (QED) is 0.488. The van der Waals surface area contributed by atoms with Crippen LogP contribution >= 0.6 is 11.3 Å². The maximum Gasteiger partial charge on any atom is 0.230 e. The van der Waals surface area contributed by atoms with E-state index in [1.807, 2.05) is 61.5 Å². The van der Waals surface area contributed by atoms with Crippen molar-refractivity contribution in [2.75, 3.05) is 11.9 Å². The molecule has 1 N–H and O–H groups in total. The minimum absolute atomic E-state index is 0.00451. The summed E-state index contributed by atoms with van der Waals surface area (Å²) in [6, 6.07) is 19.8. The molecule has 0 saturated carbocycles. The smallest absolute Gasteiger partial charge is 0.230 e. The number of rotatable bonds is 5. The first kappa shape index (κ1) is 20.3. The van der Waals surface area contributed by atoms with Gasteiger partial charge in [-0.15, -0.1) is 11.3 Å². The van der Waals surface area contributed by atoms with Gasteiger partial charge in [0.2, 0.25) is 11.8 Å². The summed E-state index contributed by atoms with van der Waals surface area (Å²) in [4.78, 5) is 35.9. The predicted molar refractivity (Wildman–Crippen MR) is 126 cm³/mol. The molecule has 1 atom stereocenters. The third-order valence-electron chi connectivity index (χ3n) is 5.63. The van der Waals surface area contributed by atoms with Crippen molar-refractivity contribution in [2.24, 2.45) is 5.92 Å². The Morgan fingerprint density at radius 1 is 1.12 bits per heavy atom. The first-order valence-corrected chi connectivity index (χ1v) is 11.3. The fourth-order valence-electron chi connectivity index (χ4n) is 3.83. The van der Waals surface area contributed by atoms with Crippen LogP contribution in [0.2, 0.25) is 0 Å². The van der Waals surface area contributed by atoms with E-state index in [2.05, 4.69) is 15.3 Å². The number of nitrogens with zero attached hydrogens (tertiary/aromatic N) is 3. The van der Waals surface area contributed by atoms with Crippen molar-refractivity contribution in [1.82, 2.24) is 14.9 Å². The third-order valence-corrected chi connectivity index (χ3v) is 6.72. The topological polar surface area (TPSA) is 75.2 Å². The summed E-state index contributed by atoms with van der Waals surface area (Å²) in [5, 5.41) is 3.75. The van der Waals surface area contributed by atoms with E-state index in [4.69, 9.17) is 0 Å². The number of amides is 2. The lowest BCUT2D eigenvalue weighted by Crippen LogP contribution is -2.28. The molecule has 1 aliphatic heterocycles. The van der Waals surface area contributed by atoms with Crippen LogP contribution in [0.4, 0.5) is 5.82 Å². The van der Waals surface area contributed by atoms with Gasteiger partial charge in [-0.25, -0.2) is 9.97 Å². The maximum absolute atomic E-state index is 12.7. The van der Waals surface area contributed by atoms with Gasteiger partial charge < -0.3 is 10.2 Å². The average Bonchev–Trinajstić information content (AvgIpc) is 3.39. The molecule has 6 nitrogen and oxygen atoms in total. The molecule has 2 aromatic carbocycles. The van der Waals surface area contributed by atoms with Crippen LogP contribution in [0.25, 0.3) is 20.8 Å². The highest BCUT2D eigenvalue weighted by molar-refractivity contribution is 7.21. The highest BCUT2D eigenvalue weighted by atomic mass is 32.1. The van der Waals surface area contributed by atoms with Gasteiger partial charge in [0.25, 0.3) is 0 Å². The normalized spacial score (nSPS) is 16.0. The molecule has 1 aliphatic rings. The standard InChI is InChI=1S/C25H22N4O2S/c1-16-6-8-17(9-7-16)14-29-15-19(12-23(29)30)24(31)28-22-11-10-18(13-26-22)25-27-20-4-2-3-5-21(20)32-25/h2-11,13,19H,12,14-15H2,1H3,(H,26,28,31). The predicted octanol–water partition coefficient (Wildman–Crippen LogP) is 4.65. The molecule has 160 valence electrons. The van der Waals surface area contributed by atoms with Gasteiger partial charge in [-0.05, 0) is 36.8 Å². The number of hydrogen-bond donors (Lipinski definition) is 1. The molecule has 0 spiro atoms. The summed E-state index contributed by atoms with van der Waals surface area (Å²) in [6.07, 6.45) is 1.94. The molecule has 0 radical (unpaired) electrons. The second kappa shape index (κ2) is 8.51. The summed E-state index contributed by atoms with van der Waals surface area (Å²) in [5.41, 5.74) is 4.12. The van der Waals surface area contributed by atoms with E-state index in [0.717, 1.165) is 26.4 Å². The van der Waals surface area contributed by atoms with Crippen LogP contribution in [-0.2, 0) is 16.1 Å². The number of hydrogen-bond acceptors (Lipinski definition) is 5. The fraction of sp³-hybridized carbons (Fsp3) is 0.200. The number of likely N-dealkylation sites (tertiary alicyclic amines) is 1. The van der Waals surface area contributed by atoms with Crippen molar-refractivity contribution in [1.29, 1.82) is 0 Å². The number of pyridine rings is 1. The lowest BCUT2D eigenvalue weighted by Gasteiger charge is -2.16. The summed E-state index contributed by atoms with van der Waals surface area (Å²) >= 11 is 1.61. The Labute approximate surface area is 189 Å². The fourth-order valence-corrected chi connectivity index (χ4v) is 4.79. The van der Waals surface area contributed by atoms with Gasteiger partial charge in [0.1, 0.15) is 10.8 Å². The summed E-state index contributed by atoms with van der Waals surface area (Å²) in [6.45, 7) is 2.98. The van der Waals surface area contributed by atoms with Crippen LogP contribution in [0, 0.1) is 12.8 Å². The van der Waals surface area contributed by atoms with E-state index in [9.17, 15) is 9.59 Å². The third kappa shape index (κ3) is 4.24. The molecule has 2 amide bonds. The molecule has 7 heteroatoms. The molecular weight excluding hydrogens is 420 g/mol. The second-order valence-electron chi connectivity index (χ2n) is 8.07. The van der Waals surface area contributed by atoms with Gasteiger partial charge in [-0.1, -0.05) is 42.0 Å². The van der Waals surface area contributed by atoms with Crippen LogP contribution < -0.4 is 5.32 Å². The van der Waals surface area contributed by atoms with Crippen molar-refractivity contribution in [3.05, 3.63) is 78.0 Å². The van der Waals surface area contributed by atoms with Crippen LogP contribution in [0.1, 0.15) is 17.5 Å². The van der Waals surface area contributed by atoms with Crippen LogP contribution in [0.5, 0.6) is 0 Å². The van der Waals surface area contributed by atoms with Gasteiger partial charge in [-0.2, -0.15) is 0 Å². The van der Waals surface area contributed by atoms with Crippen molar-refractivity contribution in [2.45, 2.75) is 19.9 Å². The maximum atomic E-state index is 12.7. The second-order valence-corrected chi connectivity index (χ2v) is 9.10. The molecule has 1 fully saturated rings. The number of fused-ring (bicyclic) bond motifs is 1. The van der Waals surface area contributed by atoms with E-state index in [0.29, 0.717) is 18.9 Å². The van der Waals surface area contributed by atoms with Crippen molar-refractivity contribution >= 4 is 39.2 Å². The Morgan fingerprint density at radius 3 is 2.69 bits per heavy atom. The number of thiazole rings is 1. The lowest BCUT2D eigenvalue weighted by molar-refractivity contribution is -0.128. The molecule has 2 aromatic heterocycles.